The zero-order chi connectivity index (χ0) is 20.6. The normalized spacial score (nSPS) is 10.3. The maximum atomic E-state index is 12.5. The van der Waals surface area contributed by atoms with Gasteiger partial charge in [-0.1, -0.05) is 48.5 Å². The van der Waals surface area contributed by atoms with Gasteiger partial charge in [-0.2, -0.15) is 0 Å². The fourth-order valence-electron chi connectivity index (χ4n) is 2.90. The highest BCUT2D eigenvalue weighted by atomic mass is 16.5. The molecule has 2 N–H and O–H groups in total. The lowest BCUT2D eigenvalue weighted by Gasteiger charge is -2.10. The van der Waals surface area contributed by atoms with Crippen LogP contribution in [0.3, 0.4) is 0 Å². The van der Waals surface area contributed by atoms with Crippen molar-refractivity contribution in [2.24, 2.45) is 0 Å². The molecule has 0 bridgehead atoms. The van der Waals surface area contributed by atoms with Gasteiger partial charge in [-0.05, 0) is 48.0 Å². The van der Waals surface area contributed by atoms with Crippen LogP contribution in [0.5, 0.6) is 5.75 Å². The quantitative estimate of drug-likeness (QED) is 0.424. The van der Waals surface area contributed by atoms with Crippen LogP contribution in [0, 0.1) is 0 Å². The maximum Gasteiger partial charge on any atom is 0.257 e. The third-order valence-electron chi connectivity index (χ3n) is 4.42. The average Bonchev–Trinajstić information content (AvgIpc) is 2.80. The largest absolute Gasteiger partial charge is 0.489 e. The molecule has 1 heterocycles. The van der Waals surface area contributed by atoms with E-state index in [1.165, 1.54) is 0 Å². The van der Waals surface area contributed by atoms with Crippen molar-refractivity contribution in [3.63, 3.8) is 0 Å². The number of anilines is 3. The predicted octanol–water partition coefficient (Wildman–Crippen LogP) is 5.66. The molecule has 0 spiro atoms. The molecular formula is C25H21N3O2. The van der Waals surface area contributed by atoms with Crippen molar-refractivity contribution < 1.29 is 9.53 Å². The van der Waals surface area contributed by atoms with E-state index in [0.717, 1.165) is 28.4 Å². The summed E-state index contributed by atoms with van der Waals surface area (Å²) in [5.41, 5.74) is 3.95. The van der Waals surface area contributed by atoms with E-state index in [4.69, 9.17) is 4.74 Å². The minimum atomic E-state index is -0.206. The van der Waals surface area contributed by atoms with Crippen LogP contribution in [0.2, 0.25) is 0 Å². The highest BCUT2D eigenvalue weighted by molar-refractivity contribution is 6.04. The van der Waals surface area contributed by atoms with Crippen LogP contribution in [0.15, 0.2) is 103 Å². The first-order valence-electron chi connectivity index (χ1n) is 9.61. The van der Waals surface area contributed by atoms with Crippen molar-refractivity contribution in [3.8, 4) is 5.75 Å². The first kappa shape index (κ1) is 19.2. The molecule has 0 atom stereocenters. The number of rotatable bonds is 7. The van der Waals surface area contributed by atoms with Crippen LogP contribution in [-0.2, 0) is 6.61 Å². The zero-order valence-electron chi connectivity index (χ0n) is 16.3. The summed E-state index contributed by atoms with van der Waals surface area (Å²) in [7, 11) is 0. The van der Waals surface area contributed by atoms with Gasteiger partial charge in [0.15, 0.2) is 0 Å². The number of carbonyl (C=O) groups excluding carboxylic acids is 1. The van der Waals surface area contributed by atoms with E-state index < -0.39 is 0 Å². The third-order valence-corrected chi connectivity index (χ3v) is 4.42. The van der Waals surface area contributed by atoms with E-state index in [9.17, 15) is 4.79 Å². The molecule has 1 aromatic heterocycles. The van der Waals surface area contributed by atoms with Crippen LogP contribution in [0.1, 0.15) is 15.9 Å². The Morgan fingerprint density at radius 2 is 1.47 bits per heavy atom. The lowest BCUT2D eigenvalue weighted by molar-refractivity contribution is 0.102. The smallest absolute Gasteiger partial charge is 0.257 e. The van der Waals surface area contributed by atoms with Crippen molar-refractivity contribution in [1.29, 1.82) is 0 Å². The topological polar surface area (TPSA) is 63.2 Å². The average molecular weight is 395 g/mol. The minimum absolute atomic E-state index is 0.206. The van der Waals surface area contributed by atoms with Gasteiger partial charge in [0.1, 0.15) is 12.4 Å². The number of hydrogen-bond acceptors (Lipinski definition) is 4. The summed E-state index contributed by atoms with van der Waals surface area (Å²) in [5.74, 6) is 0.584. The monoisotopic (exact) mass is 395 g/mol. The van der Waals surface area contributed by atoms with Gasteiger partial charge in [-0.3, -0.25) is 9.78 Å². The van der Waals surface area contributed by atoms with E-state index in [2.05, 4.69) is 15.6 Å². The maximum absolute atomic E-state index is 12.5. The van der Waals surface area contributed by atoms with Crippen LogP contribution in [0.4, 0.5) is 17.1 Å². The van der Waals surface area contributed by atoms with Crippen molar-refractivity contribution in [1.82, 2.24) is 4.98 Å². The van der Waals surface area contributed by atoms with Crippen LogP contribution in [0.25, 0.3) is 0 Å². The van der Waals surface area contributed by atoms with Gasteiger partial charge in [-0.15, -0.1) is 0 Å². The molecule has 3 aromatic carbocycles. The summed E-state index contributed by atoms with van der Waals surface area (Å²) in [4.78, 5) is 16.6. The Morgan fingerprint density at radius 1 is 0.767 bits per heavy atom. The zero-order valence-corrected chi connectivity index (χ0v) is 16.3. The Hall–Kier alpha value is -4.12. The molecule has 0 fully saturated rings. The molecular weight excluding hydrogens is 374 g/mol. The first-order chi connectivity index (χ1) is 14.8. The minimum Gasteiger partial charge on any atom is -0.489 e. The summed E-state index contributed by atoms with van der Waals surface area (Å²) >= 11 is 0. The van der Waals surface area contributed by atoms with Crippen LogP contribution < -0.4 is 15.4 Å². The van der Waals surface area contributed by atoms with E-state index in [-0.39, 0.29) is 5.91 Å². The molecule has 4 rings (SSSR count). The van der Waals surface area contributed by atoms with Gasteiger partial charge >= 0.3 is 0 Å². The van der Waals surface area contributed by atoms with Gasteiger partial charge < -0.3 is 15.4 Å². The summed E-state index contributed by atoms with van der Waals surface area (Å²) in [6.45, 7) is 0.524. The number of pyridine rings is 1. The molecule has 0 unspecified atom stereocenters. The molecule has 0 aliphatic rings. The number of amides is 1. The summed E-state index contributed by atoms with van der Waals surface area (Å²) in [6.07, 6.45) is 3.23. The van der Waals surface area contributed by atoms with Crippen molar-refractivity contribution in [2.45, 2.75) is 6.61 Å². The highest BCUT2D eigenvalue weighted by Crippen LogP contribution is 2.21. The predicted molar refractivity (Wildman–Crippen MR) is 119 cm³/mol. The molecule has 4 aromatic rings. The number of aromatic nitrogens is 1. The summed E-state index contributed by atoms with van der Waals surface area (Å²) < 4.78 is 5.81. The lowest BCUT2D eigenvalue weighted by Crippen LogP contribution is -2.12. The molecule has 5 nitrogen and oxygen atoms in total. The molecule has 0 saturated carbocycles. The molecule has 30 heavy (non-hydrogen) atoms. The number of ether oxygens (including phenoxy) is 1. The van der Waals surface area contributed by atoms with Gasteiger partial charge in [0.25, 0.3) is 5.91 Å². The van der Waals surface area contributed by atoms with E-state index in [0.29, 0.717) is 12.2 Å². The fraction of sp³-hybridized carbons (Fsp3) is 0.0400. The number of benzene rings is 3. The molecule has 0 saturated heterocycles. The number of para-hydroxylation sites is 1. The number of nitrogens with one attached hydrogen (secondary N) is 2. The van der Waals surface area contributed by atoms with Gasteiger partial charge in [0.2, 0.25) is 0 Å². The van der Waals surface area contributed by atoms with Gasteiger partial charge in [0, 0.05) is 17.6 Å². The van der Waals surface area contributed by atoms with E-state index in [1.807, 2.05) is 84.9 Å². The number of hydrogen-bond donors (Lipinski definition) is 2. The Bertz CT molecular complexity index is 1100. The van der Waals surface area contributed by atoms with Crippen LogP contribution in [-0.4, -0.2) is 10.9 Å². The van der Waals surface area contributed by atoms with Gasteiger partial charge in [-0.25, -0.2) is 0 Å². The second-order valence-corrected chi connectivity index (χ2v) is 6.71. The Morgan fingerprint density at radius 3 is 2.20 bits per heavy atom. The summed E-state index contributed by atoms with van der Waals surface area (Å²) in [5, 5.41) is 6.13. The van der Waals surface area contributed by atoms with Crippen molar-refractivity contribution >= 4 is 23.0 Å². The Labute approximate surface area is 175 Å². The van der Waals surface area contributed by atoms with Crippen molar-refractivity contribution in [2.75, 3.05) is 10.6 Å². The Balaban J connectivity index is 1.37. The van der Waals surface area contributed by atoms with Crippen LogP contribution >= 0.6 is 0 Å². The van der Waals surface area contributed by atoms with E-state index in [1.54, 1.807) is 18.5 Å². The number of carbonyl (C=O) groups is 1. The lowest BCUT2D eigenvalue weighted by atomic mass is 10.2. The van der Waals surface area contributed by atoms with Gasteiger partial charge in [0.05, 0.1) is 17.4 Å². The second kappa shape index (κ2) is 9.39. The van der Waals surface area contributed by atoms with E-state index >= 15 is 0 Å². The third kappa shape index (κ3) is 5.23. The van der Waals surface area contributed by atoms with Crippen molar-refractivity contribution in [3.05, 3.63) is 115 Å². The second-order valence-electron chi connectivity index (χ2n) is 6.71. The molecule has 148 valence electrons. The molecule has 0 radical (unpaired) electrons. The molecule has 0 aliphatic carbocycles. The number of nitrogens with zero attached hydrogens (tertiary/aromatic N) is 1. The molecule has 0 aliphatic heterocycles. The Kier molecular flexibility index (Phi) is 6.01. The fourth-order valence-corrected chi connectivity index (χ4v) is 2.90. The SMILES string of the molecule is O=C(Nc1ccccc1)c1cncc(Nc2ccc(OCc3ccccc3)cc2)c1. The first-order valence-corrected chi connectivity index (χ1v) is 9.61. The highest BCUT2D eigenvalue weighted by Gasteiger charge is 2.08. The molecule has 5 heteroatoms. The standard InChI is InChI=1S/C25H21N3O2/c29-25(28-21-9-5-2-6-10-21)20-15-23(17-26-16-20)27-22-11-13-24(14-12-22)30-18-19-7-3-1-4-8-19/h1-17,27H,18H2,(H,28,29). The molecule has 1 amide bonds. The summed E-state index contributed by atoms with van der Waals surface area (Å²) in [6, 6.07) is 28.8.